The van der Waals surface area contributed by atoms with Gasteiger partial charge in [0.25, 0.3) is 0 Å². The van der Waals surface area contributed by atoms with Gasteiger partial charge in [0.15, 0.2) is 0 Å². The summed E-state index contributed by atoms with van der Waals surface area (Å²) in [4.78, 5) is 11.0. The van der Waals surface area contributed by atoms with Crippen molar-refractivity contribution in [1.82, 2.24) is 5.32 Å². The molecule has 11 heavy (non-hydrogen) atoms. The number of carbonyl (C=O) groups excluding carboxylic acids is 1. The molecule has 1 aliphatic rings. The van der Waals surface area contributed by atoms with Crippen LogP contribution in [0.4, 0.5) is 0 Å². The Bertz CT molecular complexity index is 136. The Morgan fingerprint density at radius 1 is 1.73 bits per heavy atom. The van der Waals surface area contributed by atoms with Crippen molar-refractivity contribution in [1.29, 1.82) is 0 Å². The molecule has 0 spiro atoms. The molecule has 0 aromatic heterocycles. The number of ether oxygens (including phenoxy) is 1. The van der Waals surface area contributed by atoms with Gasteiger partial charge < -0.3 is 10.1 Å². The van der Waals surface area contributed by atoms with E-state index in [1.807, 2.05) is 6.92 Å². The highest BCUT2D eigenvalue weighted by atomic mass is 16.5. The Morgan fingerprint density at radius 3 is 3.09 bits per heavy atom. The predicted octanol–water partition coefficient (Wildman–Crippen LogP) is 0.549. The molecular weight excluding hydrogens is 142 g/mol. The van der Waals surface area contributed by atoms with Crippen LogP contribution in [0.25, 0.3) is 0 Å². The van der Waals surface area contributed by atoms with Crippen molar-refractivity contribution in [2.45, 2.75) is 19.8 Å². The molecule has 3 nitrogen and oxygen atoms in total. The second kappa shape index (κ2) is 4.34. The van der Waals surface area contributed by atoms with Gasteiger partial charge in [-0.05, 0) is 19.8 Å². The average molecular weight is 157 g/mol. The molecular formula is C8H15NO2. The SMILES string of the molecule is CCOCCC1CCNC1=O. The third kappa shape index (κ3) is 2.50. The van der Waals surface area contributed by atoms with Gasteiger partial charge in [-0.3, -0.25) is 4.79 Å². The summed E-state index contributed by atoms with van der Waals surface area (Å²) < 4.78 is 5.16. The molecule has 0 bridgehead atoms. The first kappa shape index (κ1) is 8.53. The Morgan fingerprint density at radius 2 is 2.55 bits per heavy atom. The first-order valence-electron chi connectivity index (χ1n) is 4.20. The second-order valence-corrected chi connectivity index (χ2v) is 2.76. The van der Waals surface area contributed by atoms with Crippen molar-refractivity contribution in [2.24, 2.45) is 5.92 Å². The predicted molar refractivity (Wildman–Crippen MR) is 42.2 cm³/mol. The molecule has 1 fully saturated rings. The lowest BCUT2D eigenvalue weighted by Crippen LogP contribution is -2.19. The van der Waals surface area contributed by atoms with Crippen molar-refractivity contribution in [3.05, 3.63) is 0 Å². The van der Waals surface area contributed by atoms with E-state index < -0.39 is 0 Å². The lowest BCUT2D eigenvalue weighted by Gasteiger charge is -2.05. The van der Waals surface area contributed by atoms with Crippen LogP contribution in [0.5, 0.6) is 0 Å². The normalized spacial score (nSPS) is 23.7. The highest BCUT2D eigenvalue weighted by molar-refractivity contribution is 5.80. The minimum absolute atomic E-state index is 0.199. The zero-order chi connectivity index (χ0) is 8.10. The van der Waals surface area contributed by atoms with Crippen molar-refractivity contribution in [2.75, 3.05) is 19.8 Å². The summed E-state index contributed by atoms with van der Waals surface area (Å²) >= 11 is 0. The summed E-state index contributed by atoms with van der Waals surface area (Å²) in [5, 5.41) is 2.80. The summed E-state index contributed by atoms with van der Waals surface area (Å²) in [7, 11) is 0. The van der Waals surface area contributed by atoms with Gasteiger partial charge in [-0.2, -0.15) is 0 Å². The fourth-order valence-corrected chi connectivity index (χ4v) is 1.29. The number of nitrogens with one attached hydrogen (secondary N) is 1. The van der Waals surface area contributed by atoms with Crippen molar-refractivity contribution in [3.63, 3.8) is 0 Å². The zero-order valence-electron chi connectivity index (χ0n) is 6.93. The molecule has 1 saturated heterocycles. The third-order valence-corrected chi connectivity index (χ3v) is 1.98. The maximum absolute atomic E-state index is 11.0. The van der Waals surface area contributed by atoms with Crippen LogP contribution in [-0.2, 0) is 9.53 Å². The van der Waals surface area contributed by atoms with Crippen LogP contribution in [0.1, 0.15) is 19.8 Å². The zero-order valence-corrected chi connectivity index (χ0v) is 6.93. The molecule has 3 heteroatoms. The summed E-state index contributed by atoms with van der Waals surface area (Å²) in [6.07, 6.45) is 1.85. The minimum atomic E-state index is 0.199. The standard InChI is InChI=1S/C8H15NO2/c1-2-11-6-4-7-3-5-9-8(7)10/h7H,2-6H2,1H3,(H,9,10). The van der Waals surface area contributed by atoms with Crippen LogP contribution in [0, 0.1) is 5.92 Å². The average Bonchev–Trinajstić information content (AvgIpc) is 2.37. The number of hydrogen-bond donors (Lipinski definition) is 1. The van der Waals surface area contributed by atoms with Crippen LogP contribution in [0.2, 0.25) is 0 Å². The quantitative estimate of drug-likeness (QED) is 0.605. The fourth-order valence-electron chi connectivity index (χ4n) is 1.29. The van der Waals surface area contributed by atoms with Crippen LogP contribution in [0.3, 0.4) is 0 Å². The summed E-state index contributed by atoms with van der Waals surface area (Å²) in [5.41, 5.74) is 0. The van der Waals surface area contributed by atoms with E-state index in [2.05, 4.69) is 5.32 Å². The fraction of sp³-hybridized carbons (Fsp3) is 0.875. The van der Waals surface area contributed by atoms with Gasteiger partial charge in [0.2, 0.25) is 5.91 Å². The topological polar surface area (TPSA) is 38.3 Å². The number of rotatable bonds is 4. The smallest absolute Gasteiger partial charge is 0.223 e. The Labute approximate surface area is 67.1 Å². The van der Waals surface area contributed by atoms with E-state index >= 15 is 0 Å². The van der Waals surface area contributed by atoms with Crippen LogP contribution in [0.15, 0.2) is 0 Å². The highest BCUT2D eigenvalue weighted by Crippen LogP contribution is 2.13. The minimum Gasteiger partial charge on any atom is -0.382 e. The van der Waals surface area contributed by atoms with Gasteiger partial charge in [-0.15, -0.1) is 0 Å². The number of hydrogen-bond acceptors (Lipinski definition) is 2. The van der Waals surface area contributed by atoms with Crippen molar-refractivity contribution in [3.8, 4) is 0 Å². The Balaban J connectivity index is 2.10. The largest absolute Gasteiger partial charge is 0.382 e. The highest BCUT2D eigenvalue weighted by Gasteiger charge is 2.22. The first-order chi connectivity index (χ1) is 5.34. The van der Waals surface area contributed by atoms with Crippen LogP contribution < -0.4 is 5.32 Å². The molecule has 64 valence electrons. The number of carbonyl (C=O) groups is 1. The molecule has 1 N–H and O–H groups in total. The van der Waals surface area contributed by atoms with Gasteiger partial charge in [0, 0.05) is 25.7 Å². The molecule has 1 amide bonds. The van der Waals surface area contributed by atoms with Gasteiger partial charge >= 0.3 is 0 Å². The molecule has 1 heterocycles. The molecule has 0 aromatic rings. The van der Waals surface area contributed by atoms with E-state index in [1.165, 1.54) is 0 Å². The van der Waals surface area contributed by atoms with Gasteiger partial charge in [-0.25, -0.2) is 0 Å². The molecule has 1 aliphatic heterocycles. The van der Waals surface area contributed by atoms with E-state index in [0.717, 1.165) is 26.0 Å². The van der Waals surface area contributed by atoms with Crippen LogP contribution >= 0.6 is 0 Å². The van der Waals surface area contributed by atoms with Crippen LogP contribution in [-0.4, -0.2) is 25.7 Å². The van der Waals surface area contributed by atoms with Crippen molar-refractivity contribution >= 4 is 5.91 Å². The van der Waals surface area contributed by atoms with E-state index in [1.54, 1.807) is 0 Å². The van der Waals surface area contributed by atoms with Gasteiger partial charge in [0.1, 0.15) is 0 Å². The van der Waals surface area contributed by atoms with E-state index in [9.17, 15) is 4.79 Å². The maximum Gasteiger partial charge on any atom is 0.223 e. The molecule has 1 unspecified atom stereocenters. The van der Waals surface area contributed by atoms with Gasteiger partial charge in [0.05, 0.1) is 0 Å². The Hall–Kier alpha value is -0.570. The number of amides is 1. The van der Waals surface area contributed by atoms with Crippen molar-refractivity contribution < 1.29 is 9.53 Å². The molecule has 0 aliphatic carbocycles. The summed E-state index contributed by atoms with van der Waals surface area (Å²) in [5.74, 6) is 0.409. The van der Waals surface area contributed by atoms with E-state index in [0.29, 0.717) is 6.61 Å². The summed E-state index contributed by atoms with van der Waals surface area (Å²) in [6.45, 7) is 4.27. The second-order valence-electron chi connectivity index (χ2n) is 2.76. The summed E-state index contributed by atoms with van der Waals surface area (Å²) in [6, 6.07) is 0. The van der Waals surface area contributed by atoms with E-state index in [4.69, 9.17) is 4.74 Å². The molecule has 1 rings (SSSR count). The molecule has 0 saturated carbocycles. The lowest BCUT2D eigenvalue weighted by molar-refractivity contribution is -0.122. The monoisotopic (exact) mass is 157 g/mol. The maximum atomic E-state index is 11.0. The Kier molecular flexibility index (Phi) is 3.36. The first-order valence-corrected chi connectivity index (χ1v) is 4.20. The van der Waals surface area contributed by atoms with E-state index in [-0.39, 0.29) is 11.8 Å². The lowest BCUT2D eigenvalue weighted by atomic mass is 10.1. The molecule has 1 atom stereocenters. The molecule has 0 aromatic carbocycles. The van der Waals surface area contributed by atoms with Gasteiger partial charge in [-0.1, -0.05) is 0 Å². The third-order valence-electron chi connectivity index (χ3n) is 1.98. The molecule has 0 radical (unpaired) electrons.